The molecule has 7 nitrogen and oxygen atoms in total. The van der Waals surface area contributed by atoms with Crippen LogP contribution in [0.25, 0.3) is 0 Å². The van der Waals surface area contributed by atoms with Crippen LogP contribution in [0.3, 0.4) is 0 Å². The van der Waals surface area contributed by atoms with E-state index >= 15 is 0 Å². The highest BCUT2D eigenvalue weighted by molar-refractivity contribution is 5.87. The molecule has 2 aromatic rings. The number of aromatic carboxylic acids is 1. The highest BCUT2D eigenvalue weighted by Crippen LogP contribution is 2.07. The number of carbonyl (C=O) groups excluding carboxylic acids is 1. The fourth-order valence-corrected chi connectivity index (χ4v) is 1.91. The second-order valence-corrected chi connectivity index (χ2v) is 4.77. The lowest BCUT2D eigenvalue weighted by Gasteiger charge is -2.09. The average molecular weight is 316 g/mol. The Balaban J connectivity index is 2.15. The highest BCUT2D eigenvalue weighted by atomic mass is 16.5. The van der Waals surface area contributed by atoms with Crippen molar-refractivity contribution < 1.29 is 19.4 Å². The Kier molecular flexibility index (Phi) is 5.14. The topological polar surface area (TPSA) is 97.6 Å². The molecule has 0 aliphatic carbocycles. The SMILES string of the molecule is CNC(=O)COc1cccn(Cc2ccc(C(=O)O)cc2)c1=O. The van der Waals surface area contributed by atoms with Crippen LogP contribution in [0.2, 0.25) is 0 Å². The van der Waals surface area contributed by atoms with E-state index < -0.39 is 5.97 Å². The van der Waals surface area contributed by atoms with Crippen LogP contribution in [0.1, 0.15) is 15.9 Å². The van der Waals surface area contributed by atoms with Crippen molar-refractivity contribution in [3.8, 4) is 5.75 Å². The maximum atomic E-state index is 12.3. The van der Waals surface area contributed by atoms with Crippen LogP contribution in [0.5, 0.6) is 5.75 Å². The maximum absolute atomic E-state index is 12.3. The van der Waals surface area contributed by atoms with E-state index in [2.05, 4.69) is 5.32 Å². The van der Waals surface area contributed by atoms with E-state index in [0.717, 1.165) is 5.56 Å². The number of pyridine rings is 1. The summed E-state index contributed by atoms with van der Waals surface area (Å²) in [6.45, 7) is 0.0406. The number of hydrogen-bond acceptors (Lipinski definition) is 4. The van der Waals surface area contributed by atoms with Gasteiger partial charge in [0, 0.05) is 13.2 Å². The van der Waals surface area contributed by atoms with E-state index in [0.29, 0.717) is 0 Å². The van der Waals surface area contributed by atoms with Crippen LogP contribution in [-0.2, 0) is 11.3 Å². The summed E-state index contributed by atoms with van der Waals surface area (Å²) in [5.74, 6) is -1.25. The number of likely N-dealkylation sites (N-methyl/N-ethyl adjacent to an activating group) is 1. The van der Waals surface area contributed by atoms with Crippen molar-refractivity contribution >= 4 is 11.9 Å². The molecule has 2 N–H and O–H groups in total. The van der Waals surface area contributed by atoms with Crippen molar-refractivity contribution in [3.63, 3.8) is 0 Å². The minimum absolute atomic E-state index is 0.0817. The Bertz CT molecular complexity index is 765. The van der Waals surface area contributed by atoms with Crippen LogP contribution in [0.4, 0.5) is 0 Å². The molecule has 0 bridgehead atoms. The molecule has 0 saturated carbocycles. The number of carbonyl (C=O) groups is 2. The largest absolute Gasteiger partial charge is 0.478 e. The van der Waals surface area contributed by atoms with Crippen LogP contribution in [-0.4, -0.2) is 35.2 Å². The van der Waals surface area contributed by atoms with Crippen molar-refractivity contribution in [2.75, 3.05) is 13.7 Å². The van der Waals surface area contributed by atoms with E-state index in [1.807, 2.05) is 0 Å². The van der Waals surface area contributed by atoms with Gasteiger partial charge in [0.1, 0.15) is 0 Å². The normalized spacial score (nSPS) is 10.1. The molecule has 1 aromatic heterocycles. The summed E-state index contributed by atoms with van der Waals surface area (Å²) in [4.78, 5) is 34.2. The van der Waals surface area contributed by atoms with Gasteiger partial charge in [0.2, 0.25) is 0 Å². The molecule has 1 amide bonds. The predicted octanol–water partition coefficient (Wildman–Crippen LogP) is 0.720. The fraction of sp³-hybridized carbons (Fsp3) is 0.188. The lowest BCUT2D eigenvalue weighted by atomic mass is 10.1. The van der Waals surface area contributed by atoms with Gasteiger partial charge >= 0.3 is 5.97 Å². The van der Waals surface area contributed by atoms with Gasteiger partial charge in [0.05, 0.1) is 12.1 Å². The average Bonchev–Trinajstić information content (AvgIpc) is 2.55. The van der Waals surface area contributed by atoms with Gasteiger partial charge in [-0.15, -0.1) is 0 Å². The molecule has 0 fully saturated rings. The molecular weight excluding hydrogens is 300 g/mol. The minimum atomic E-state index is -1.00. The molecule has 1 heterocycles. The number of rotatable bonds is 6. The molecular formula is C16H16N2O5. The third kappa shape index (κ3) is 4.19. The molecule has 0 aliphatic heterocycles. The molecule has 2 rings (SSSR count). The molecule has 0 unspecified atom stereocenters. The number of benzene rings is 1. The van der Waals surface area contributed by atoms with Gasteiger partial charge in [0.25, 0.3) is 11.5 Å². The summed E-state index contributed by atoms with van der Waals surface area (Å²) in [5.41, 5.74) is 0.600. The number of nitrogens with zero attached hydrogens (tertiary/aromatic N) is 1. The lowest BCUT2D eigenvalue weighted by Crippen LogP contribution is -2.28. The summed E-state index contributed by atoms with van der Waals surface area (Å²) in [6, 6.07) is 9.40. The second-order valence-electron chi connectivity index (χ2n) is 4.77. The summed E-state index contributed by atoms with van der Waals surface area (Å²) >= 11 is 0. The van der Waals surface area contributed by atoms with E-state index in [1.54, 1.807) is 24.4 Å². The zero-order valence-corrected chi connectivity index (χ0v) is 12.5. The Morgan fingerprint density at radius 3 is 2.52 bits per heavy atom. The summed E-state index contributed by atoms with van der Waals surface area (Å²) < 4.78 is 6.62. The Hall–Kier alpha value is -3.09. The summed E-state index contributed by atoms with van der Waals surface area (Å²) in [7, 11) is 1.48. The van der Waals surface area contributed by atoms with Gasteiger partial charge in [0.15, 0.2) is 12.4 Å². The Morgan fingerprint density at radius 1 is 1.22 bits per heavy atom. The van der Waals surface area contributed by atoms with Crippen molar-refractivity contribution in [2.24, 2.45) is 0 Å². The second kappa shape index (κ2) is 7.26. The quantitative estimate of drug-likeness (QED) is 0.818. The molecule has 0 aliphatic rings. The number of aromatic nitrogens is 1. The number of carboxylic acids is 1. The van der Waals surface area contributed by atoms with E-state index in [9.17, 15) is 14.4 Å². The molecule has 0 radical (unpaired) electrons. The summed E-state index contributed by atoms with van der Waals surface area (Å²) in [6.07, 6.45) is 1.60. The first-order valence-corrected chi connectivity index (χ1v) is 6.86. The highest BCUT2D eigenvalue weighted by Gasteiger charge is 2.08. The van der Waals surface area contributed by atoms with Gasteiger partial charge in [-0.2, -0.15) is 0 Å². The Morgan fingerprint density at radius 2 is 1.91 bits per heavy atom. The molecule has 1 aromatic carbocycles. The smallest absolute Gasteiger partial charge is 0.335 e. The van der Waals surface area contributed by atoms with Crippen molar-refractivity contribution in [1.82, 2.24) is 9.88 Å². The zero-order chi connectivity index (χ0) is 16.8. The molecule has 0 atom stereocenters. The lowest BCUT2D eigenvalue weighted by molar-refractivity contribution is -0.122. The first-order chi connectivity index (χ1) is 11.0. The number of carboxylic acid groups (broad SMARTS) is 1. The van der Waals surface area contributed by atoms with Crippen molar-refractivity contribution in [3.05, 3.63) is 64.1 Å². The van der Waals surface area contributed by atoms with E-state index in [1.165, 1.54) is 29.8 Å². The van der Waals surface area contributed by atoms with Crippen LogP contribution >= 0.6 is 0 Å². The van der Waals surface area contributed by atoms with Crippen molar-refractivity contribution in [1.29, 1.82) is 0 Å². The Labute approximate surface area is 132 Å². The first-order valence-electron chi connectivity index (χ1n) is 6.86. The first kappa shape index (κ1) is 16.3. The number of nitrogens with one attached hydrogen (secondary N) is 1. The van der Waals surface area contributed by atoms with Gasteiger partial charge < -0.3 is 19.7 Å². The van der Waals surface area contributed by atoms with Crippen LogP contribution < -0.4 is 15.6 Å². The third-order valence-corrected chi connectivity index (χ3v) is 3.18. The molecule has 7 heteroatoms. The van der Waals surface area contributed by atoms with Crippen molar-refractivity contribution in [2.45, 2.75) is 6.54 Å². The zero-order valence-electron chi connectivity index (χ0n) is 12.5. The number of amides is 1. The summed E-state index contributed by atoms with van der Waals surface area (Å²) in [5, 5.41) is 11.3. The molecule has 0 spiro atoms. The molecule has 23 heavy (non-hydrogen) atoms. The van der Waals surface area contributed by atoms with Gasteiger partial charge in [-0.25, -0.2) is 4.79 Å². The van der Waals surface area contributed by atoms with Gasteiger partial charge in [-0.3, -0.25) is 9.59 Å². The molecule has 120 valence electrons. The number of ether oxygens (including phenoxy) is 1. The van der Waals surface area contributed by atoms with Gasteiger partial charge in [-0.1, -0.05) is 12.1 Å². The van der Waals surface area contributed by atoms with Gasteiger partial charge in [-0.05, 0) is 29.8 Å². The van der Waals surface area contributed by atoms with E-state index in [-0.39, 0.29) is 35.9 Å². The standard InChI is InChI=1S/C16H16N2O5/c1-17-14(19)10-23-13-3-2-8-18(15(13)20)9-11-4-6-12(7-5-11)16(21)22/h2-8H,9-10H2,1H3,(H,17,19)(H,21,22). The predicted molar refractivity (Wildman–Crippen MR) is 82.8 cm³/mol. The molecule has 0 saturated heterocycles. The minimum Gasteiger partial charge on any atom is -0.478 e. The third-order valence-electron chi connectivity index (χ3n) is 3.18. The van der Waals surface area contributed by atoms with Crippen LogP contribution in [0.15, 0.2) is 47.4 Å². The fourth-order valence-electron chi connectivity index (χ4n) is 1.91. The monoisotopic (exact) mass is 316 g/mol. The maximum Gasteiger partial charge on any atom is 0.335 e. The number of hydrogen-bond donors (Lipinski definition) is 2. The van der Waals surface area contributed by atoms with E-state index in [4.69, 9.17) is 9.84 Å². The van der Waals surface area contributed by atoms with Crippen LogP contribution in [0, 0.1) is 0 Å².